The number of aromatic nitrogens is 1. The highest BCUT2D eigenvalue weighted by atomic mass is 35.5. The Hall–Kier alpha value is -2.27. The molecule has 1 atom stereocenters. The number of nitrogens with one attached hydrogen (secondary N) is 2. The topological polar surface area (TPSA) is 52.6 Å². The van der Waals surface area contributed by atoms with Crippen LogP contribution >= 0.6 is 11.6 Å². The fourth-order valence-electron chi connectivity index (χ4n) is 2.94. The van der Waals surface area contributed by atoms with Crippen LogP contribution in [0.2, 0.25) is 5.15 Å². The summed E-state index contributed by atoms with van der Waals surface area (Å²) in [6.45, 7) is 5.53. The van der Waals surface area contributed by atoms with E-state index in [0.717, 1.165) is 37.6 Å². The number of rotatable bonds is 5. The Morgan fingerprint density at radius 1 is 1.28 bits per heavy atom. The van der Waals surface area contributed by atoms with Crippen LogP contribution < -0.4 is 15.5 Å². The van der Waals surface area contributed by atoms with Crippen LogP contribution in [0, 0.1) is 0 Å². The first-order valence-electron chi connectivity index (χ1n) is 8.70. The van der Waals surface area contributed by atoms with E-state index in [2.05, 4.69) is 62.8 Å². The van der Waals surface area contributed by atoms with Crippen molar-refractivity contribution >= 4 is 23.2 Å². The third-order valence-electron chi connectivity index (χ3n) is 4.20. The van der Waals surface area contributed by atoms with Gasteiger partial charge in [-0.1, -0.05) is 35.9 Å². The Kier molecular flexibility index (Phi) is 6.12. The van der Waals surface area contributed by atoms with Crippen LogP contribution in [0.15, 0.2) is 53.7 Å². The molecule has 1 aliphatic heterocycles. The number of guanidine groups is 1. The second kappa shape index (κ2) is 8.72. The molecule has 0 bridgehead atoms. The molecule has 132 valence electrons. The Morgan fingerprint density at radius 3 is 2.84 bits per heavy atom. The number of aliphatic imine (C=N–C) groups is 1. The molecule has 3 rings (SSSR count). The summed E-state index contributed by atoms with van der Waals surface area (Å²) in [5, 5.41) is 7.37. The molecule has 2 aromatic rings. The summed E-state index contributed by atoms with van der Waals surface area (Å²) >= 11 is 5.83. The predicted molar refractivity (Wildman–Crippen MR) is 104 cm³/mol. The monoisotopic (exact) mass is 357 g/mol. The zero-order valence-corrected chi connectivity index (χ0v) is 15.2. The average Bonchev–Trinajstić information content (AvgIpc) is 3.10. The highest BCUT2D eigenvalue weighted by Gasteiger charge is 2.23. The molecular formula is C19H24ClN5. The van der Waals surface area contributed by atoms with Crippen molar-refractivity contribution in [3.05, 3.63) is 59.4 Å². The van der Waals surface area contributed by atoms with E-state index in [-0.39, 0.29) is 0 Å². The van der Waals surface area contributed by atoms with Crippen LogP contribution in [-0.4, -0.2) is 36.6 Å². The number of halogens is 1. The highest BCUT2D eigenvalue weighted by Crippen LogP contribution is 2.19. The van der Waals surface area contributed by atoms with Crippen LogP contribution in [0.1, 0.15) is 18.9 Å². The van der Waals surface area contributed by atoms with Crippen molar-refractivity contribution in [2.45, 2.75) is 25.9 Å². The molecule has 5 nitrogen and oxygen atoms in total. The van der Waals surface area contributed by atoms with Gasteiger partial charge in [-0.2, -0.15) is 0 Å². The average molecular weight is 358 g/mol. The third-order valence-corrected chi connectivity index (χ3v) is 4.43. The summed E-state index contributed by atoms with van der Waals surface area (Å²) in [6, 6.07) is 14.7. The lowest BCUT2D eigenvalue weighted by Crippen LogP contribution is -2.44. The Bertz CT molecular complexity index is 687. The summed E-state index contributed by atoms with van der Waals surface area (Å²) in [4.78, 5) is 11.2. The lowest BCUT2D eigenvalue weighted by atomic mass is 10.2. The van der Waals surface area contributed by atoms with E-state index in [1.807, 2.05) is 6.07 Å². The van der Waals surface area contributed by atoms with Crippen molar-refractivity contribution in [1.82, 2.24) is 15.6 Å². The van der Waals surface area contributed by atoms with Crippen LogP contribution in [0.4, 0.5) is 5.69 Å². The van der Waals surface area contributed by atoms with Gasteiger partial charge < -0.3 is 15.5 Å². The standard InChI is InChI=1S/C19H24ClN5/c1-2-21-19(23-13-15-8-9-18(20)22-12-15)24-16-10-11-25(14-16)17-6-4-3-5-7-17/h3-9,12,16H,2,10-11,13-14H2,1H3,(H2,21,23,24). The molecule has 1 fully saturated rings. The molecule has 2 heterocycles. The summed E-state index contributed by atoms with van der Waals surface area (Å²) in [6.07, 6.45) is 2.86. The second-order valence-electron chi connectivity index (χ2n) is 6.10. The minimum atomic E-state index is 0.390. The van der Waals surface area contributed by atoms with Crippen molar-refractivity contribution < 1.29 is 0 Å². The fraction of sp³-hybridized carbons (Fsp3) is 0.368. The van der Waals surface area contributed by atoms with Crippen molar-refractivity contribution in [2.24, 2.45) is 4.99 Å². The molecule has 1 saturated heterocycles. The van der Waals surface area contributed by atoms with Gasteiger partial charge in [-0.05, 0) is 37.1 Å². The van der Waals surface area contributed by atoms with Gasteiger partial charge in [0, 0.05) is 37.6 Å². The molecule has 0 aliphatic carbocycles. The first kappa shape index (κ1) is 17.5. The molecule has 1 aliphatic rings. The molecule has 25 heavy (non-hydrogen) atoms. The van der Waals surface area contributed by atoms with Crippen LogP contribution in [0.5, 0.6) is 0 Å². The number of para-hydroxylation sites is 1. The minimum Gasteiger partial charge on any atom is -0.369 e. The normalized spacial score (nSPS) is 17.6. The minimum absolute atomic E-state index is 0.390. The van der Waals surface area contributed by atoms with Crippen molar-refractivity contribution in [2.75, 3.05) is 24.5 Å². The molecular weight excluding hydrogens is 334 g/mol. The fourth-order valence-corrected chi connectivity index (χ4v) is 3.05. The maximum atomic E-state index is 5.83. The van der Waals surface area contributed by atoms with E-state index in [1.165, 1.54) is 5.69 Å². The Labute approximate surface area is 154 Å². The zero-order chi connectivity index (χ0) is 17.5. The summed E-state index contributed by atoms with van der Waals surface area (Å²) in [5.41, 5.74) is 2.32. The summed E-state index contributed by atoms with van der Waals surface area (Å²) in [5.74, 6) is 0.845. The maximum Gasteiger partial charge on any atom is 0.191 e. The largest absolute Gasteiger partial charge is 0.369 e. The molecule has 0 spiro atoms. The number of hydrogen-bond donors (Lipinski definition) is 2. The maximum absolute atomic E-state index is 5.83. The van der Waals surface area contributed by atoms with Gasteiger partial charge >= 0.3 is 0 Å². The number of nitrogens with zero attached hydrogens (tertiary/aromatic N) is 3. The number of pyridine rings is 1. The van der Waals surface area contributed by atoms with E-state index in [9.17, 15) is 0 Å². The van der Waals surface area contributed by atoms with E-state index in [0.29, 0.717) is 17.7 Å². The molecule has 6 heteroatoms. The van der Waals surface area contributed by atoms with Gasteiger partial charge in [0.2, 0.25) is 0 Å². The smallest absolute Gasteiger partial charge is 0.191 e. The molecule has 1 aromatic heterocycles. The van der Waals surface area contributed by atoms with Gasteiger partial charge in [0.05, 0.1) is 6.54 Å². The predicted octanol–water partition coefficient (Wildman–Crippen LogP) is 3.07. The van der Waals surface area contributed by atoms with Crippen molar-refractivity contribution in [1.29, 1.82) is 0 Å². The van der Waals surface area contributed by atoms with Gasteiger partial charge in [-0.3, -0.25) is 0 Å². The third kappa shape index (κ3) is 5.10. The summed E-state index contributed by atoms with van der Waals surface area (Å²) in [7, 11) is 0. The number of benzene rings is 1. The first-order valence-corrected chi connectivity index (χ1v) is 9.07. The molecule has 1 unspecified atom stereocenters. The number of anilines is 1. The first-order chi connectivity index (χ1) is 12.2. The zero-order valence-electron chi connectivity index (χ0n) is 14.5. The van der Waals surface area contributed by atoms with Gasteiger partial charge in [-0.15, -0.1) is 0 Å². The molecule has 2 N–H and O–H groups in total. The lowest BCUT2D eigenvalue weighted by Gasteiger charge is -2.20. The highest BCUT2D eigenvalue weighted by molar-refractivity contribution is 6.29. The molecule has 1 aromatic carbocycles. The molecule has 0 saturated carbocycles. The van der Waals surface area contributed by atoms with Crippen LogP contribution in [0.25, 0.3) is 0 Å². The summed E-state index contributed by atoms with van der Waals surface area (Å²) < 4.78 is 0. The molecule has 0 radical (unpaired) electrons. The SMILES string of the molecule is CCNC(=NCc1ccc(Cl)nc1)NC1CCN(c2ccccc2)C1. The Morgan fingerprint density at radius 2 is 2.12 bits per heavy atom. The van der Waals surface area contributed by atoms with Gasteiger partial charge in [0.15, 0.2) is 5.96 Å². The van der Waals surface area contributed by atoms with E-state index >= 15 is 0 Å². The van der Waals surface area contributed by atoms with E-state index < -0.39 is 0 Å². The van der Waals surface area contributed by atoms with Crippen LogP contribution in [0.3, 0.4) is 0 Å². The van der Waals surface area contributed by atoms with E-state index in [4.69, 9.17) is 11.6 Å². The lowest BCUT2D eigenvalue weighted by molar-refractivity contribution is 0.649. The molecule has 0 amide bonds. The van der Waals surface area contributed by atoms with Crippen molar-refractivity contribution in [3.8, 4) is 0 Å². The second-order valence-corrected chi connectivity index (χ2v) is 6.48. The van der Waals surface area contributed by atoms with Gasteiger partial charge in [-0.25, -0.2) is 9.98 Å². The van der Waals surface area contributed by atoms with Gasteiger partial charge in [0.25, 0.3) is 0 Å². The Balaban J connectivity index is 1.58. The van der Waals surface area contributed by atoms with Crippen molar-refractivity contribution in [3.63, 3.8) is 0 Å². The quantitative estimate of drug-likeness (QED) is 0.490. The van der Waals surface area contributed by atoms with E-state index in [1.54, 1.807) is 12.3 Å². The number of hydrogen-bond acceptors (Lipinski definition) is 3. The van der Waals surface area contributed by atoms with Gasteiger partial charge in [0.1, 0.15) is 5.15 Å². The van der Waals surface area contributed by atoms with Crippen LogP contribution in [-0.2, 0) is 6.54 Å².